The smallest absolute Gasteiger partial charge is 0.123 e. The second-order valence-electron chi connectivity index (χ2n) is 7.63. The fourth-order valence-electron chi connectivity index (χ4n) is 6.11. The van der Waals surface area contributed by atoms with E-state index in [0.29, 0.717) is 11.2 Å². The Bertz CT molecular complexity index is 704. The van der Waals surface area contributed by atoms with Crippen LogP contribution in [0.25, 0.3) is 0 Å². The molecule has 3 saturated carbocycles. The molecule has 0 bridgehead atoms. The average Bonchev–Trinajstić information content (AvgIpc) is 3.29. The maximum absolute atomic E-state index is 10.5. The third kappa shape index (κ3) is 1.05. The molecule has 1 aromatic carbocycles. The Morgan fingerprint density at radius 3 is 2.62 bits per heavy atom. The monoisotopic (exact) mass is 282 g/mol. The van der Waals surface area contributed by atoms with E-state index in [0.717, 1.165) is 36.2 Å². The van der Waals surface area contributed by atoms with Crippen molar-refractivity contribution in [2.75, 3.05) is 0 Å². The summed E-state index contributed by atoms with van der Waals surface area (Å²) in [4.78, 5) is 0. The summed E-state index contributed by atoms with van der Waals surface area (Å²) in [6.07, 6.45) is 6.95. The van der Waals surface area contributed by atoms with E-state index < -0.39 is 0 Å². The van der Waals surface area contributed by atoms with Crippen LogP contribution in [0.3, 0.4) is 0 Å². The quantitative estimate of drug-likeness (QED) is 0.635. The molecule has 110 valence electrons. The van der Waals surface area contributed by atoms with Crippen molar-refractivity contribution in [3.63, 3.8) is 0 Å². The van der Waals surface area contributed by atoms with Crippen molar-refractivity contribution in [3.8, 4) is 11.5 Å². The summed E-state index contributed by atoms with van der Waals surface area (Å²) in [7, 11) is 0. The molecule has 2 unspecified atom stereocenters. The normalized spacial score (nSPS) is 43.1. The van der Waals surface area contributed by atoms with E-state index in [4.69, 9.17) is 0 Å². The molecule has 21 heavy (non-hydrogen) atoms. The second kappa shape index (κ2) is 3.31. The first-order chi connectivity index (χ1) is 10.1. The molecule has 0 heterocycles. The predicted octanol–water partition coefficient (Wildman–Crippen LogP) is 3.90. The van der Waals surface area contributed by atoms with Crippen molar-refractivity contribution in [2.45, 2.75) is 44.9 Å². The lowest BCUT2D eigenvalue weighted by Crippen LogP contribution is -2.18. The highest BCUT2D eigenvalue weighted by molar-refractivity contribution is 5.77. The van der Waals surface area contributed by atoms with Gasteiger partial charge < -0.3 is 10.2 Å². The Morgan fingerprint density at radius 2 is 2.00 bits per heavy atom. The molecule has 2 nitrogen and oxygen atoms in total. The highest BCUT2D eigenvalue weighted by Gasteiger charge is 3.11. The van der Waals surface area contributed by atoms with Crippen LogP contribution in [0.1, 0.15) is 44.2 Å². The molecule has 1 spiro atoms. The maximum Gasteiger partial charge on any atom is 0.123 e. The molecule has 0 aliphatic heterocycles. The van der Waals surface area contributed by atoms with E-state index in [1.165, 1.54) is 30.0 Å². The lowest BCUT2D eigenvalue weighted by Gasteiger charge is -2.25. The number of hydrogen-bond acceptors (Lipinski definition) is 2. The summed E-state index contributed by atoms with van der Waals surface area (Å²) in [6, 6.07) is 3.43. The molecule has 0 amide bonds. The molecule has 0 saturated heterocycles. The number of benzene rings is 1. The van der Waals surface area contributed by atoms with Crippen molar-refractivity contribution < 1.29 is 10.2 Å². The fraction of sp³-hybridized carbons (Fsp3) is 0.579. The third-order valence-corrected chi connectivity index (χ3v) is 6.80. The minimum atomic E-state index is 0.145. The van der Waals surface area contributed by atoms with Gasteiger partial charge in [0.15, 0.2) is 0 Å². The Labute approximate surface area is 125 Å². The molecular weight excluding hydrogens is 260 g/mol. The van der Waals surface area contributed by atoms with Crippen LogP contribution in [0.4, 0.5) is 0 Å². The molecule has 2 N–H and O–H groups in total. The zero-order chi connectivity index (χ0) is 14.6. The Hall–Kier alpha value is -1.44. The van der Waals surface area contributed by atoms with Gasteiger partial charge in [0, 0.05) is 17.0 Å². The molecule has 2 heteroatoms. The van der Waals surface area contributed by atoms with E-state index in [2.05, 4.69) is 19.9 Å². The van der Waals surface area contributed by atoms with Gasteiger partial charge in [-0.05, 0) is 54.6 Å². The fourth-order valence-corrected chi connectivity index (χ4v) is 6.11. The topological polar surface area (TPSA) is 40.5 Å². The van der Waals surface area contributed by atoms with Crippen LogP contribution in [-0.2, 0) is 11.8 Å². The van der Waals surface area contributed by atoms with E-state index in [1.54, 1.807) is 0 Å². The highest BCUT2D eigenvalue weighted by atomic mass is 16.3. The van der Waals surface area contributed by atoms with E-state index in [-0.39, 0.29) is 11.2 Å². The first-order valence-electron chi connectivity index (χ1n) is 8.35. The Morgan fingerprint density at radius 1 is 1.19 bits per heavy atom. The zero-order valence-electron chi connectivity index (χ0n) is 12.7. The van der Waals surface area contributed by atoms with Crippen molar-refractivity contribution in [3.05, 3.63) is 34.9 Å². The minimum absolute atomic E-state index is 0.145. The van der Waals surface area contributed by atoms with Crippen molar-refractivity contribution in [1.29, 1.82) is 0 Å². The molecule has 1 aromatic rings. The molecule has 0 aromatic heterocycles. The van der Waals surface area contributed by atoms with Gasteiger partial charge in [0.1, 0.15) is 11.5 Å². The number of aromatic hydroxyl groups is 2. The van der Waals surface area contributed by atoms with Gasteiger partial charge >= 0.3 is 0 Å². The SMILES string of the molecule is CCCCCc1cc(O)cc(O)c1[C@]12C=C(C)[C@H]3C4[C@@H]1C432. The van der Waals surface area contributed by atoms with Gasteiger partial charge in [0.25, 0.3) is 0 Å². The van der Waals surface area contributed by atoms with Gasteiger partial charge in [0.2, 0.25) is 0 Å². The Balaban J connectivity index is 1.58. The zero-order valence-corrected chi connectivity index (χ0v) is 12.7. The predicted molar refractivity (Wildman–Crippen MR) is 81.3 cm³/mol. The highest BCUT2D eigenvalue weighted by Crippen LogP contribution is 3.12. The molecule has 4 aliphatic rings. The number of hydrogen-bond donors (Lipinski definition) is 2. The summed E-state index contributed by atoms with van der Waals surface area (Å²) < 4.78 is 0. The van der Waals surface area contributed by atoms with Gasteiger partial charge in [-0.25, -0.2) is 0 Å². The first-order valence-corrected chi connectivity index (χ1v) is 8.35. The van der Waals surface area contributed by atoms with Gasteiger partial charge in [-0.3, -0.25) is 0 Å². The van der Waals surface area contributed by atoms with Gasteiger partial charge in [-0.1, -0.05) is 31.4 Å². The molecule has 0 radical (unpaired) electrons. The summed E-state index contributed by atoms with van der Waals surface area (Å²) in [5.41, 5.74) is 4.53. The molecule has 4 aliphatic carbocycles. The van der Waals surface area contributed by atoms with Gasteiger partial charge in [0.05, 0.1) is 0 Å². The lowest BCUT2D eigenvalue weighted by atomic mass is 9.79. The number of allylic oxidation sites excluding steroid dienone is 2. The van der Waals surface area contributed by atoms with Crippen LogP contribution in [0.2, 0.25) is 0 Å². The third-order valence-electron chi connectivity index (χ3n) is 6.80. The number of aryl methyl sites for hydroxylation is 1. The molecule has 5 rings (SSSR count). The number of rotatable bonds is 5. The number of fused-ring (bicyclic) bond motifs is 3. The van der Waals surface area contributed by atoms with E-state index in [9.17, 15) is 10.2 Å². The van der Waals surface area contributed by atoms with E-state index in [1.807, 2.05) is 6.07 Å². The number of unbranched alkanes of at least 4 members (excludes halogenated alkanes) is 2. The standard InChI is InChI=1S/C19H22O2/c1-3-4-5-6-11-7-12(20)8-13(21)15(11)18-9-10(2)14-16-17(18)19(14,16)18/h7-9,14,16-17,20-21H,3-6H2,1-2H3/t14-,16?,17-,18+,19?/m0/s1. The maximum atomic E-state index is 10.5. The van der Waals surface area contributed by atoms with Crippen LogP contribution >= 0.6 is 0 Å². The van der Waals surface area contributed by atoms with E-state index >= 15 is 0 Å². The number of phenolic OH excluding ortho intramolecular Hbond substituents is 2. The molecular formula is C19H22O2. The average molecular weight is 282 g/mol. The van der Waals surface area contributed by atoms with Crippen LogP contribution in [-0.4, -0.2) is 10.2 Å². The van der Waals surface area contributed by atoms with Crippen LogP contribution in [0, 0.1) is 23.2 Å². The van der Waals surface area contributed by atoms with Crippen molar-refractivity contribution >= 4 is 0 Å². The minimum Gasteiger partial charge on any atom is -0.508 e. The first kappa shape index (κ1) is 12.1. The largest absolute Gasteiger partial charge is 0.508 e. The van der Waals surface area contributed by atoms with Gasteiger partial charge in [-0.15, -0.1) is 0 Å². The second-order valence-corrected chi connectivity index (χ2v) is 7.63. The lowest BCUT2D eigenvalue weighted by molar-refractivity contribution is 0.432. The van der Waals surface area contributed by atoms with Crippen molar-refractivity contribution in [1.82, 2.24) is 0 Å². The Kier molecular flexibility index (Phi) is 1.92. The number of phenols is 2. The summed E-state index contributed by atoms with van der Waals surface area (Å²) in [5, 5.41) is 20.4. The van der Waals surface area contributed by atoms with Gasteiger partial charge in [-0.2, -0.15) is 0 Å². The van der Waals surface area contributed by atoms with Crippen LogP contribution in [0.5, 0.6) is 11.5 Å². The molecule has 3 fully saturated rings. The summed E-state index contributed by atoms with van der Waals surface area (Å²) in [6.45, 7) is 4.46. The van der Waals surface area contributed by atoms with Crippen LogP contribution < -0.4 is 0 Å². The van der Waals surface area contributed by atoms with Crippen molar-refractivity contribution in [2.24, 2.45) is 23.2 Å². The summed E-state index contributed by atoms with van der Waals surface area (Å²) in [5.74, 6) is 3.07. The molecule has 5 atom stereocenters. The van der Waals surface area contributed by atoms with Crippen LogP contribution in [0.15, 0.2) is 23.8 Å². The summed E-state index contributed by atoms with van der Waals surface area (Å²) >= 11 is 0.